The van der Waals surface area contributed by atoms with Crippen molar-refractivity contribution in [3.8, 4) is 11.3 Å². The molecule has 0 saturated carbocycles. The number of esters is 1. The van der Waals surface area contributed by atoms with Gasteiger partial charge in [-0.25, -0.2) is 4.79 Å². The van der Waals surface area contributed by atoms with Gasteiger partial charge in [0, 0.05) is 16.8 Å². The van der Waals surface area contributed by atoms with Gasteiger partial charge in [0.15, 0.2) is 5.11 Å². The predicted molar refractivity (Wildman–Crippen MR) is 107 cm³/mol. The molecule has 0 unspecified atom stereocenters. The van der Waals surface area contributed by atoms with E-state index in [0.29, 0.717) is 22.1 Å². The Hall–Kier alpha value is -2.91. The maximum Gasteiger partial charge on any atom is 0.338 e. The van der Waals surface area contributed by atoms with E-state index in [9.17, 15) is 14.9 Å². The summed E-state index contributed by atoms with van der Waals surface area (Å²) in [5.74, 6) is 0.124. The van der Waals surface area contributed by atoms with Crippen LogP contribution in [0.2, 0.25) is 5.02 Å². The lowest BCUT2D eigenvalue weighted by molar-refractivity contribution is -0.384. The molecule has 1 aromatic carbocycles. The van der Waals surface area contributed by atoms with Crippen molar-refractivity contribution in [3.05, 3.63) is 62.5 Å². The average molecular weight is 422 g/mol. The van der Waals surface area contributed by atoms with Gasteiger partial charge in [0.2, 0.25) is 0 Å². The number of carbonyl (C=O) groups is 1. The quantitative estimate of drug-likeness (QED) is 0.324. The molecule has 1 aromatic heterocycles. The number of halogens is 1. The number of nitrogens with zero attached hydrogens (tertiary/aromatic N) is 1. The molecule has 0 radical (unpaired) electrons. The molecule has 2 heterocycles. The zero-order valence-corrected chi connectivity index (χ0v) is 16.5. The zero-order chi connectivity index (χ0) is 20.4. The number of allylic oxidation sites excluding steroid dienone is 1. The van der Waals surface area contributed by atoms with Gasteiger partial charge in [-0.2, -0.15) is 0 Å². The normalized spacial score (nSPS) is 16.4. The third-order valence-corrected chi connectivity index (χ3v) is 4.55. The topological polar surface area (TPSA) is 107 Å². The van der Waals surface area contributed by atoms with Gasteiger partial charge in [-0.3, -0.25) is 10.1 Å². The fraction of sp³-hybridized carbons (Fsp3) is 0.222. The van der Waals surface area contributed by atoms with Gasteiger partial charge in [-0.15, -0.1) is 0 Å². The van der Waals surface area contributed by atoms with Crippen molar-refractivity contribution in [2.75, 3.05) is 6.61 Å². The summed E-state index contributed by atoms with van der Waals surface area (Å²) < 4.78 is 11.0. The fourth-order valence-electron chi connectivity index (χ4n) is 2.90. The van der Waals surface area contributed by atoms with Crippen molar-refractivity contribution in [1.29, 1.82) is 0 Å². The highest BCUT2D eigenvalue weighted by Gasteiger charge is 2.33. The summed E-state index contributed by atoms with van der Waals surface area (Å²) >= 11 is 11.0. The second-order valence-electron chi connectivity index (χ2n) is 5.91. The SMILES string of the molecule is CCOC(=O)C1=C(C)NC(=S)N[C@H]1c1ccc(-c2ccc(Cl)cc2[N+](=O)[O-])o1. The third kappa shape index (κ3) is 3.85. The Balaban J connectivity index is 2.03. The smallest absolute Gasteiger partial charge is 0.338 e. The lowest BCUT2D eigenvalue weighted by Crippen LogP contribution is -2.45. The van der Waals surface area contributed by atoms with Crippen LogP contribution in [0.1, 0.15) is 25.6 Å². The zero-order valence-electron chi connectivity index (χ0n) is 14.9. The van der Waals surface area contributed by atoms with Crippen LogP contribution in [0, 0.1) is 10.1 Å². The van der Waals surface area contributed by atoms with Gasteiger partial charge >= 0.3 is 5.97 Å². The molecule has 0 amide bonds. The van der Waals surface area contributed by atoms with Crippen LogP contribution in [-0.4, -0.2) is 22.6 Å². The number of nitrogens with one attached hydrogen (secondary N) is 2. The lowest BCUT2D eigenvalue weighted by Gasteiger charge is -2.28. The number of ether oxygens (including phenoxy) is 1. The number of hydrogen-bond donors (Lipinski definition) is 2. The Morgan fingerprint density at radius 3 is 2.82 bits per heavy atom. The first-order valence-corrected chi connectivity index (χ1v) is 9.10. The molecule has 0 fully saturated rings. The molecule has 1 atom stereocenters. The fourth-order valence-corrected chi connectivity index (χ4v) is 3.34. The minimum Gasteiger partial charge on any atom is -0.463 e. The highest BCUT2D eigenvalue weighted by Crippen LogP contribution is 2.36. The molecule has 28 heavy (non-hydrogen) atoms. The van der Waals surface area contributed by atoms with Crippen LogP contribution in [0.3, 0.4) is 0 Å². The first-order chi connectivity index (χ1) is 13.3. The van der Waals surface area contributed by atoms with Gasteiger partial charge in [0.05, 0.1) is 22.7 Å². The van der Waals surface area contributed by atoms with Crippen molar-refractivity contribution in [1.82, 2.24) is 10.6 Å². The van der Waals surface area contributed by atoms with E-state index in [1.165, 1.54) is 18.2 Å². The van der Waals surface area contributed by atoms with Crippen molar-refractivity contribution in [2.24, 2.45) is 0 Å². The maximum absolute atomic E-state index is 12.4. The van der Waals surface area contributed by atoms with Gasteiger partial charge in [0.25, 0.3) is 5.69 Å². The number of hydrogen-bond acceptors (Lipinski definition) is 6. The van der Waals surface area contributed by atoms with Crippen LogP contribution >= 0.6 is 23.8 Å². The Kier molecular flexibility index (Phi) is 5.66. The summed E-state index contributed by atoms with van der Waals surface area (Å²) in [6.07, 6.45) is 0. The van der Waals surface area contributed by atoms with E-state index in [2.05, 4.69) is 10.6 Å². The molecule has 0 bridgehead atoms. The van der Waals surface area contributed by atoms with Gasteiger partial charge in [-0.05, 0) is 50.3 Å². The molecule has 2 N–H and O–H groups in total. The number of rotatable bonds is 5. The minimum atomic E-state index is -0.687. The number of furan rings is 1. The standard InChI is InChI=1S/C18H16ClN3O5S/c1-3-26-17(23)15-9(2)20-18(28)21-16(15)14-7-6-13(27-14)11-5-4-10(19)8-12(11)22(24)25/h4-8,16H,3H2,1-2H3,(H2,20,21,28)/t16-/m0/s1. The van der Waals surface area contributed by atoms with Crippen LogP contribution in [0.4, 0.5) is 5.69 Å². The first kappa shape index (κ1) is 19.8. The van der Waals surface area contributed by atoms with E-state index in [1.54, 1.807) is 26.0 Å². The van der Waals surface area contributed by atoms with Crippen molar-refractivity contribution < 1.29 is 18.9 Å². The van der Waals surface area contributed by atoms with E-state index >= 15 is 0 Å². The van der Waals surface area contributed by atoms with Crippen LogP contribution in [-0.2, 0) is 9.53 Å². The first-order valence-electron chi connectivity index (χ1n) is 8.31. The number of nitro benzene ring substituents is 1. The molecule has 0 aliphatic carbocycles. The molecule has 1 aliphatic rings. The summed E-state index contributed by atoms with van der Waals surface area (Å²) in [7, 11) is 0. The van der Waals surface area contributed by atoms with Crippen molar-refractivity contribution in [3.63, 3.8) is 0 Å². The van der Waals surface area contributed by atoms with Crippen LogP contribution in [0.15, 0.2) is 46.0 Å². The largest absolute Gasteiger partial charge is 0.463 e. The number of nitro groups is 1. The predicted octanol–water partition coefficient (Wildman–Crippen LogP) is 3.86. The average Bonchev–Trinajstić information content (AvgIpc) is 3.10. The molecular weight excluding hydrogens is 406 g/mol. The molecule has 3 rings (SSSR count). The molecule has 8 nitrogen and oxygen atoms in total. The molecular formula is C18H16ClN3O5S. The highest BCUT2D eigenvalue weighted by atomic mass is 35.5. The Labute approximate surface area is 170 Å². The molecule has 2 aromatic rings. The summed E-state index contributed by atoms with van der Waals surface area (Å²) in [5.41, 5.74) is 0.958. The summed E-state index contributed by atoms with van der Waals surface area (Å²) in [6.45, 7) is 3.63. The number of thiocarbonyl (C=S) groups is 1. The minimum absolute atomic E-state index is 0.181. The van der Waals surface area contributed by atoms with Gasteiger partial charge in [-0.1, -0.05) is 11.6 Å². The molecule has 146 valence electrons. The van der Waals surface area contributed by atoms with Crippen LogP contribution in [0.5, 0.6) is 0 Å². The monoisotopic (exact) mass is 421 g/mol. The van der Waals surface area contributed by atoms with Crippen LogP contribution in [0.25, 0.3) is 11.3 Å². The van der Waals surface area contributed by atoms with Gasteiger partial charge in [0.1, 0.15) is 17.6 Å². The van der Waals surface area contributed by atoms with Crippen molar-refractivity contribution >= 4 is 40.6 Å². The van der Waals surface area contributed by atoms with Crippen molar-refractivity contribution in [2.45, 2.75) is 19.9 Å². The van der Waals surface area contributed by atoms with E-state index in [4.69, 9.17) is 33.0 Å². The lowest BCUT2D eigenvalue weighted by atomic mass is 10.0. The molecule has 0 saturated heterocycles. The maximum atomic E-state index is 12.4. The molecule has 1 aliphatic heterocycles. The van der Waals surface area contributed by atoms with E-state index in [-0.39, 0.29) is 28.6 Å². The number of benzene rings is 1. The van der Waals surface area contributed by atoms with E-state index in [0.717, 1.165) is 0 Å². The molecule has 0 spiro atoms. The van der Waals surface area contributed by atoms with E-state index in [1.807, 2.05) is 0 Å². The molecule has 10 heteroatoms. The Morgan fingerprint density at radius 2 is 2.14 bits per heavy atom. The van der Waals surface area contributed by atoms with Gasteiger partial charge < -0.3 is 19.8 Å². The van der Waals surface area contributed by atoms with E-state index < -0.39 is 16.9 Å². The Morgan fingerprint density at radius 1 is 1.39 bits per heavy atom. The summed E-state index contributed by atoms with van der Waals surface area (Å²) in [4.78, 5) is 23.2. The third-order valence-electron chi connectivity index (χ3n) is 4.10. The highest BCUT2D eigenvalue weighted by molar-refractivity contribution is 7.80. The van der Waals surface area contributed by atoms with Crippen LogP contribution < -0.4 is 10.6 Å². The Bertz CT molecular complexity index is 1000. The number of carbonyl (C=O) groups excluding carboxylic acids is 1. The summed E-state index contributed by atoms with van der Waals surface area (Å²) in [5, 5.41) is 17.8. The summed E-state index contributed by atoms with van der Waals surface area (Å²) in [6, 6.07) is 6.84. The second-order valence-corrected chi connectivity index (χ2v) is 6.76. The second kappa shape index (κ2) is 7.99.